The maximum Gasteiger partial charge on any atom is 0.338 e. The van der Waals surface area contributed by atoms with E-state index in [1.807, 2.05) is 12.1 Å². The summed E-state index contributed by atoms with van der Waals surface area (Å²) in [6.07, 6.45) is 7.61. The Morgan fingerprint density at radius 3 is 2.74 bits per heavy atom. The molecule has 0 aliphatic carbocycles. The Hall–Kier alpha value is -3.80. The second kappa shape index (κ2) is 9.80. The summed E-state index contributed by atoms with van der Waals surface area (Å²) in [4.78, 5) is 25.3. The molecule has 0 saturated heterocycles. The maximum absolute atomic E-state index is 12.2. The number of hydrogen-bond donors (Lipinski definition) is 1. The lowest BCUT2D eigenvalue weighted by atomic mass is 10.0. The molecule has 3 rings (SSSR count). The van der Waals surface area contributed by atoms with Crippen LogP contribution in [0.25, 0.3) is 11.2 Å². The van der Waals surface area contributed by atoms with Crippen molar-refractivity contribution in [3.63, 3.8) is 0 Å². The number of nitrogens with two attached hydrogens (primary N) is 1. The minimum absolute atomic E-state index is 0.182. The van der Waals surface area contributed by atoms with Gasteiger partial charge in [-0.1, -0.05) is 25.5 Å². The average molecular weight is 423 g/mol. The number of carbonyl (C=O) groups is 1. The number of carbonyl (C=O) groups excluding carboxylic acids is 1. The molecule has 0 aliphatic heterocycles. The van der Waals surface area contributed by atoms with Crippen LogP contribution in [0.1, 0.15) is 41.3 Å². The molecule has 2 aromatic heterocycles. The fourth-order valence-electron chi connectivity index (χ4n) is 3.12. The summed E-state index contributed by atoms with van der Waals surface area (Å²) in [6.45, 7) is 2.88. The van der Waals surface area contributed by atoms with E-state index in [4.69, 9.17) is 26.4 Å². The molecule has 0 saturated carbocycles. The molecule has 9 heteroatoms. The van der Waals surface area contributed by atoms with Crippen LogP contribution >= 0.6 is 0 Å². The minimum Gasteiger partial charge on any atom is -0.468 e. The Bertz CT molecular complexity index is 1130. The molecule has 0 spiro atoms. The highest BCUT2D eigenvalue weighted by molar-refractivity contribution is 5.91. The highest BCUT2D eigenvalue weighted by Crippen LogP contribution is 2.27. The molecule has 0 aliphatic rings. The van der Waals surface area contributed by atoms with Crippen molar-refractivity contribution < 1.29 is 19.0 Å². The number of fused-ring (bicyclic) bond motifs is 1. The molecule has 3 aromatic rings. The van der Waals surface area contributed by atoms with Gasteiger partial charge in [-0.2, -0.15) is 15.0 Å². The molecule has 0 radical (unpaired) electrons. The van der Waals surface area contributed by atoms with Gasteiger partial charge in [-0.05, 0) is 23.6 Å². The van der Waals surface area contributed by atoms with Crippen molar-refractivity contribution in [1.29, 1.82) is 0 Å². The zero-order valence-electron chi connectivity index (χ0n) is 17.8. The average Bonchev–Trinajstić information content (AvgIpc) is 3.12. The SMILES string of the molecule is C#CCc1ccc(Cn2c(OC)nc3c(N)nc(OCCCC)nc32)cc1C(=O)OC. The summed E-state index contributed by atoms with van der Waals surface area (Å²) in [7, 11) is 2.84. The van der Waals surface area contributed by atoms with Gasteiger partial charge in [0.1, 0.15) is 0 Å². The van der Waals surface area contributed by atoms with Gasteiger partial charge < -0.3 is 19.9 Å². The van der Waals surface area contributed by atoms with E-state index in [2.05, 4.69) is 27.8 Å². The Balaban J connectivity index is 2.04. The van der Waals surface area contributed by atoms with E-state index in [-0.39, 0.29) is 11.8 Å². The van der Waals surface area contributed by atoms with Crippen molar-refractivity contribution >= 4 is 23.0 Å². The zero-order valence-corrected chi connectivity index (χ0v) is 17.8. The summed E-state index contributed by atoms with van der Waals surface area (Å²) in [6, 6.07) is 5.94. The van der Waals surface area contributed by atoms with Gasteiger partial charge >= 0.3 is 12.0 Å². The first kappa shape index (κ1) is 21.9. The molecule has 1 aromatic carbocycles. The van der Waals surface area contributed by atoms with Gasteiger partial charge in [-0.3, -0.25) is 4.57 Å². The molecule has 162 valence electrons. The molecule has 0 fully saturated rings. The Kier molecular flexibility index (Phi) is 6.92. The molecule has 0 amide bonds. The number of terminal acetylenes is 1. The van der Waals surface area contributed by atoms with E-state index in [9.17, 15) is 4.79 Å². The van der Waals surface area contributed by atoms with Crippen LogP contribution in [0.2, 0.25) is 0 Å². The number of imidazole rings is 1. The van der Waals surface area contributed by atoms with E-state index in [0.717, 1.165) is 24.0 Å². The fraction of sp³-hybridized carbons (Fsp3) is 0.364. The second-order valence-electron chi connectivity index (χ2n) is 6.81. The van der Waals surface area contributed by atoms with Crippen LogP contribution < -0.4 is 15.2 Å². The van der Waals surface area contributed by atoms with Crippen LogP contribution in [-0.4, -0.2) is 46.3 Å². The Labute approximate surface area is 180 Å². The van der Waals surface area contributed by atoms with E-state index < -0.39 is 5.97 Å². The van der Waals surface area contributed by atoms with Crippen molar-refractivity contribution in [2.24, 2.45) is 0 Å². The van der Waals surface area contributed by atoms with Gasteiger partial charge in [-0.15, -0.1) is 12.3 Å². The van der Waals surface area contributed by atoms with Crippen molar-refractivity contribution in [3.8, 4) is 24.4 Å². The van der Waals surface area contributed by atoms with E-state index in [1.165, 1.54) is 14.2 Å². The van der Waals surface area contributed by atoms with Crippen molar-refractivity contribution in [2.45, 2.75) is 32.7 Å². The predicted molar refractivity (Wildman–Crippen MR) is 116 cm³/mol. The number of ether oxygens (including phenoxy) is 3. The van der Waals surface area contributed by atoms with E-state index in [0.29, 0.717) is 42.3 Å². The normalized spacial score (nSPS) is 10.6. The second-order valence-corrected chi connectivity index (χ2v) is 6.81. The first-order valence-corrected chi connectivity index (χ1v) is 9.86. The number of unbranched alkanes of at least 4 members (excludes halogenated alkanes) is 1. The smallest absolute Gasteiger partial charge is 0.338 e. The lowest BCUT2D eigenvalue weighted by Gasteiger charge is -2.11. The molecular formula is C22H25N5O4. The lowest BCUT2D eigenvalue weighted by molar-refractivity contribution is 0.0599. The summed E-state index contributed by atoms with van der Waals surface area (Å²) in [5.74, 6) is 2.31. The number of nitrogen functional groups attached to an aromatic ring is 1. The summed E-state index contributed by atoms with van der Waals surface area (Å²) < 4.78 is 17.7. The zero-order chi connectivity index (χ0) is 22.4. The molecule has 0 atom stereocenters. The van der Waals surface area contributed by atoms with Gasteiger partial charge in [0.2, 0.25) is 0 Å². The van der Waals surface area contributed by atoms with Crippen LogP contribution in [0.3, 0.4) is 0 Å². The largest absolute Gasteiger partial charge is 0.468 e. The number of anilines is 1. The van der Waals surface area contributed by atoms with Crippen LogP contribution in [0.4, 0.5) is 5.82 Å². The third kappa shape index (κ3) is 4.69. The highest BCUT2D eigenvalue weighted by atomic mass is 16.5. The van der Waals surface area contributed by atoms with Gasteiger partial charge in [0, 0.05) is 6.42 Å². The number of benzene rings is 1. The molecular weight excluding hydrogens is 398 g/mol. The predicted octanol–water partition coefficient (Wildman–Crippen LogP) is 2.61. The number of hydrogen-bond acceptors (Lipinski definition) is 8. The summed E-state index contributed by atoms with van der Waals surface area (Å²) in [5, 5.41) is 0. The fourth-order valence-corrected chi connectivity index (χ4v) is 3.12. The van der Waals surface area contributed by atoms with E-state index in [1.54, 1.807) is 10.6 Å². The summed E-state index contributed by atoms with van der Waals surface area (Å²) in [5.41, 5.74) is 8.92. The monoisotopic (exact) mass is 423 g/mol. The van der Waals surface area contributed by atoms with Crippen molar-refractivity contribution in [2.75, 3.05) is 26.6 Å². The standard InChI is InChI=1S/C22H25N5O4/c1-5-7-11-31-21-25-18(23)17-19(26-21)27(22(24-17)30-4)13-14-9-10-15(8-6-2)16(12-14)20(28)29-3/h2,9-10,12H,5,7-8,11,13H2,1,3-4H3,(H2,23,25,26). The third-order valence-electron chi connectivity index (χ3n) is 4.69. The van der Waals surface area contributed by atoms with Crippen molar-refractivity contribution in [1.82, 2.24) is 19.5 Å². The van der Waals surface area contributed by atoms with Crippen LogP contribution in [0.5, 0.6) is 12.0 Å². The molecule has 2 N–H and O–H groups in total. The van der Waals surface area contributed by atoms with Crippen LogP contribution in [0, 0.1) is 12.3 Å². The van der Waals surface area contributed by atoms with Crippen molar-refractivity contribution in [3.05, 3.63) is 34.9 Å². The Morgan fingerprint density at radius 2 is 2.06 bits per heavy atom. The van der Waals surface area contributed by atoms with Gasteiger partial charge in [0.15, 0.2) is 17.0 Å². The molecule has 31 heavy (non-hydrogen) atoms. The number of methoxy groups -OCH3 is 2. The molecule has 0 unspecified atom stereocenters. The number of nitrogens with zero attached hydrogens (tertiary/aromatic N) is 4. The minimum atomic E-state index is -0.451. The molecule has 0 bridgehead atoms. The van der Waals surface area contributed by atoms with Crippen LogP contribution in [0.15, 0.2) is 18.2 Å². The maximum atomic E-state index is 12.2. The first-order valence-electron chi connectivity index (χ1n) is 9.86. The summed E-state index contributed by atoms with van der Waals surface area (Å²) >= 11 is 0. The number of esters is 1. The Morgan fingerprint density at radius 1 is 1.26 bits per heavy atom. The molecule has 9 nitrogen and oxygen atoms in total. The highest BCUT2D eigenvalue weighted by Gasteiger charge is 2.19. The van der Waals surface area contributed by atoms with Crippen LogP contribution in [-0.2, 0) is 17.7 Å². The first-order chi connectivity index (χ1) is 15.0. The number of rotatable bonds is 9. The number of aromatic nitrogens is 4. The third-order valence-corrected chi connectivity index (χ3v) is 4.69. The van der Waals surface area contributed by atoms with E-state index >= 15 is 0 Å². The lowest BCUT2D eigenvalue weighted by Crippen LogP contribution is -2.09. The topological polar surface area (TPSA) is 114 Å². The quantitative estimate of drug-likeness (QED) is 0.317. The molecule has 2 heterocycles. The van der Waals surface area contributed by atoms with Gasteiger partial charge in [0.25, 0.3) is 6.01 Å². The van der Waals surface area contributed by atoms with Gasteiger partial charge in [-0.25, -0.2) is 4.79 Å². The van der Waals surface area contributed by atoms with Gasteiger partial charge in [0.05, 0.1) is 32.9 Å².